The van der Waals surface area contributed by atoms with Gasteiger partial charge in [-0.1, -0.05) is 46.5 Å². The fourth-order valence-corrected chi connectivity index (χ4v) is 1.70. The fourth-order valence-electron chi connectivity index (χ4n) is 1.70. The summed E-state index contributed by atoms with van der Waals surface area (Å²) in [5.74, 6) is 0.844. The Balaban J connectivity index is 3.35. The lowest BCUT2D eigenvalue weighted by atomic mass is 10.1. The molecule has 0 aromatic rings. The maximum absolute atomic E-state index is 5.57. The molecule has 0 aromatic carbocycles. The number of rotatable bonds is 10. The summed E-state index contributed by atoms with van der Waals surface area (Å²) in [4.78, 5) is 0. The summed E-state index contributed by atoms with van der Waals surface area (Å²) >= 11 is 0. The van der Waals surface area contributed by atoms with E-state index in [1.54, 1.807) is 6.20 Å². The van der Waals surface area contributed by atoms with Gasteiger partial charge in [0, 0.05) is 18.4 Å². The Labute approximate surface area is 102 Å². The van der Waals surface area contributed by atoms with Crippen molar-refractivity contribution in [3.8, 4) is 0 Å². The molecular weight excluding hydrogens is 196 g/mol. The van der Waals surface area contributed by atoms with Crippen LogP contribution >= 0.6 is 0 Å². The highest BCUT2D eigenvalue weighted by atomic mass is 14.9. The van der Waals surface area contributed by atoms with Crippen molar-refractivity contribution >= 4 is 0 Å². The van der Waals surface area contributed by atoms with Gasteiger partial charge in [-0.15, -0.1) is 0 Å². The molecule has 0 rings (SSSR count). The summed E-state index contributed by atoms with van der Waals surface area (Å²) in [6, 6.07) is 0. The summed E-state index contributed by atoms with van der Waals surface area (Å²) in [6.07, 6.45) is 10.6. The van der Waals surface area contributed by atoms with Crippen molar-refractivity contribution in [1.82, 2.24) is 5.32 Å². The van der Waals surface area contributed by atoms with Crippen LogP contribution in [-0.4, -0.2) is 6.54 Å². The molecule has 0 saturated heterocycles. The molecule has 0 atom stereocenters. The third-order valence-electron chi connectivity index (χ3n) is 2.81. The zero-order valence-corrected chi connectivity index (χ0v) is 11.4. The van der Waals surface area contributed by atoms with Crippen LogP contribution in [0.2, 0.25) is 0 Å². The molecule has 0 aromatic heterocycles. The molecule has 0 heterocycles. The van der Waals surface area contributed by atoms with Crippen LogP contribution < -0.4 is 11.1 Å². The quantitative estimate of drug-likeness (QED) is 0.556. The van der Waals surface area contributed by atoms with Crippen molar-refractivity contribution in [1.29, 1.82) is 0 Å². The minimum Gasteiger partial charge on any atom is -0.403 e. The van der Waals surface area contributed by atoms with Gasteiger partial charge in [0.05, 0.1) is 0 Å². The van der Waals surface area contributed by atoms with Gasteiger partial charge in [0.25, 0.3) is 0 Å². The predicted molar refractivity (Wildman–Crippen MR) is 73.1 cm³/mol. The first-order valence-electron chi connectivity index (χ1n) is 6.85. The van der Waals surface area contributed by atoms with E-state index in [0.29, 0.717) is 0 Å². The van der Waals surface area contributed by atoms with Crippen LogP contribution in [0.25, 0.3) is 0 Å². The van der Waals surface area contributed by atoms with Gasteiger partial charge in [0.2, 0.25) is 0 Å². The highest BCUT2D eigenvalue weighted by Crippen LogP contribution is 2.08. The van der Waals surface area contributed by atoms with E-state index < -0.39 is 0 Å². The second kappa shape index (κ2) is 10.8. The number of allylic oxidation sites excluding steroid dienone is 1. The Hall–Kier alpha value is -0.660. The molecule has 0 radical (unpaired) electrons. The second-order valence-corrected chi connectivity index (χ2v) is 4.97. The minimum absolute atomic E-state index is 0.844. The number of nitrogens with one attached hydrogen (secondary N) is 1. The van der Waals surface area contributed by atoms with Crippen LogP contribution in [-0.2, 0) is 0 Å². The zero-order valence-electron chi connectivity index (χ0n) is 11.4. The molecule has 0 aliphatic heterocycles. The summed E-state index contributed by atoms with van der Waals surface area (Å²) in [5.41, 5.74) is 6.78. The first-order valence-corrected chi connectivity index (χ1v) is 6.85. The first-order chi connectivity index (χ1) is 7.70. The Morgan fingerprint density at radius 3 is 2.50 bits per heavy atom. The third-order valence-corrected chi connectivity index (χ3v) is 2.81. The number of nitrogens with two attached hydrogens (primary N) is 1. The Kier molecular flexibility index (Phi) is 10.4. The SMILES string of the molecule is CCCC/C(=C/N)NCCCCCC(C)C. The van der Waals surface area contributed by atoms with Crippen LogP contribution in [0.1, 0.15) is 65.7 Å². The predicted octanol–water partition coefficient (Wildman–Crippen LogP) is 3.78. The maximum atomic E-state index is 5.57. The topological polar surface area (TPSA) is 38.0 Å². The summed E-state index contributed by atoms with van der Waals surface area (Å²) in [7, 11) is 0. The highest BCUT2D eigenvalue weighted by molar-refractivity contribution is 4.96. The van der Waals surface area contributed by atoms with Gasteiger partial charge in [-0.3, -0.25) is 0 Å². The lowest BCUT2D eigenvalue weighted by Crippen LogP contribution is -2.16. The van der Waals surface area contributed by atoms with Crippen LogP contribution in [0.5, 0.6) is 0 Å². The van der Waals surface area contributed by atoms with Gasteiger partial charge in [-0.05, 0) is 25.2 Å². The number of hydrogen-bond acceptors (Lipinski definition) is 2. The van der Waals surface area contributed by atoms with E-state index in [4.69, 9.17) is 5.73 Å². The Morgan fingerprint density at radius 1 is 1.19 bits per heavy atom. The molecule has 2 heteroatoms. The van der Waals surface area contributed by atoms with Crippen LogP contribution in [0.15, 0.2) is 11.9 Å². The molecule has 0 bridgehead atoms. The molecule has 0 aliphatic rings. The summed E-state index contributed by atoms with van der Waals surface area (Å²) in [5, 5.41) is 3.43. The number of unbranched alkanes of at least 4 members (excludes halogenated alkanes) is 3. The Morgan fingerprint density at radius 2 is 1.94 bits per heavy atom. The van der Waals surface area contributed by atoms with Crippen molar-refractivity contribution in [3.63, 3.8) is 0 Å². The van der Waals surface area contributed by atoms with E-state index in [1.807, 2.05) is 0 Å². The molecule has 0 amide bonds. The van der Waals surface area contributed by atoms with Crippen molar-refractivity contribution in [2.75, 3.05) is 6.54 Å². The van der Waals surface area contributed by atoms with E-state index in [9.17, 15) is 0 Å². The molecule has 3 N–H and O–H groups in total. The van der Waals surface area contributed by atoms with Gasteiger partial charge in [-0.2, -0.15) is 0 Å². The fraction of sp³-hybridized carbons (Fsp3) is 0.857. The average molecular weight is 226 g/mol. The van der Waals surface area contributed by atoms with Crippen molar-refractivity contribution < 1.29 is 0 Å². The van der Waals surface area contributed by atoms with Crippen molar-refractivity contribution in [2.24, 2.45) is 11.7 Å². The van der Waals surface area contributed by atoms with E-state index in [1.165, 1.54) is 44.2 Å². The van der Waals surface area contributed by atoms with E-state index in [-0.39, 0.29) is 0 Å². The van der Waals surface area contributed by atoms with Crippen molar-refractivity contribution in [3.05, 3.63) is 11.9 Å². The molecule has 0 fully saturated rings. The van der Waals surface area contributed by atoms with E-state index in [0.717, 1.165) is 18.9 Å². The summed E-state index contributed by atoms with van der Waals surface area (Å²) in [6.45, 7) is 7.86. The smallest absolute Gasteiger partial charge is 0.0264 e. The standard InChI is InChI=1S/C14H30N2/c1-4-5-10-14(12-15)16-11-8-6-7-9-13(2)3/h12-13,16H,4-11,15H2,1-3H3/b14-12-. The monoisotopic (exact) mass is 226 g/mol. The molecule has 0 saturated carbocycles. The molecular formula is C14H30N2. The summed E-state index contributed by atoms with van der Waals surface area (Å²) < 4.78 is 0. The maximum Gasteiger partial charge on any atom is 0.0264 e. The van der Waals surface area contributed by atoms with Crippen LogP contribution in [0.4, 0.5) is 0 Å². The van der Waals surface area contributed by atoms with Crippen molar-refractivity contribution in [2.45, 2.75) is 65.7 Å². The molecule has 0 spiro atoms. The van der Waals surface area contributed by atoms with Gasteiger partial charge < -0.3 is 11.1 Å². The second-order valence-electron chi connectivity index (χ2n) is 4.97. The van der Waals surface area contributed by atoms with Gasteiger partial charge in [0.1, 0.15) is 0 Å². The minimum atomic E-state index is 0.844. The van der Waals surface area contributed by atoms with Gasteiger partial charge in [-0.25, -0.2) is 0 Å². The first kappa shape index (κ1) is 15.3. The molecule has 0 unspecified atom stereocenters. The highest BCUT2D eigenvalue weighted by Gasteiger charge is 1.96. The van der Waals surface area contributed by atoms with Gasteiger partial charge >= 0.3 is 0 Å². The third kappa shape index (κ3) is 9.88. The average Bonchev–Trinajstić information content (AvgIpc) is 2.26. The molecule has 0 aliphatic carbocycles. The van der Waals surface area contributed by atoms with E-state index >= 15 is 0 Å². The molecule has 16 heavy (non-hydrogen) atoms. The lowest BCUT2D eigenvalue weighted by Gasteiger charge is -2.10. The normalized spacial score (nSPS) is 12.1. The number of hydrogen-bond donors (Lipinski definition) is 2. The Bertz CT molecular complexity index is 174. The lowest BCUT2D eigenvalue weighted by molar-refractivity contribution is 0.520. The molecule has 2 nitrogen and oxygen atoms in total. The largest absolute Gasteiger partial charge is 0.403 e. The van der Waals surface area contributed by atoms with E-state index in [2.05, 4.69) is 26.1 Å². The molecule has 96 valence electrons. The van der Waals surface area contributed by atoms with Crippen LogP contribution in [0.3, 0.4) is 0 Å². The van der Waals surface area contributed by atoms with Gasteiger partial charge in [0.15, 0.2) is 0 Å². The van der Waals surface area contributed by atoms with Crippen LogP contribution in [0, 0.1) is 5.92 Å². The zero-order chi connectivity index (χ0) is 12.2.